The Kier molecular flexibility index (Phi) is 7.35. The maximum Gasteiger partial charge on any atom is 0.471 e. The van der Waals surface area contributed by atoms with Gasteiger partial charge in [0.1, 0.15) is 6.61 Å². The van der Waals surface area contributed by atoms with Crippen LogP contribution in [0, 0.1) is 0 Å². The first kappa shape index (κ1) is 29.0. The van der Waals surface area contributed by atoms with Crippen LogP contribution in [0.15, 0.2) is 35.1 Å². The smallest absolute Gasteiger partial charge is 0.458 e. The number of nitrogens with zero attached hydrogens (tertiary/aromatic N) is 2. The van der Waals surface area contributed by atoms with E-state index < -0.39 is 31.7 Å². The lowest BCUT2D eigenvalue weighted by Gasteiger charge is -2.31. The van der Waals surface area contributed by atoms with Crippen LogP contribution in [0.2, 0.25) is 25.2 Å². The second-order valence-corrected chi connectivity index (χ2v) is 16.9. The molecular formula is C29H32F3N3O5Si. The summed E-state index contributed by atoms with van der Waals surface area (Å²) in [6.45, 7) is 6.10. The molecule has 41 heavy (non-hydrogen) atoms. The Labute approximate surface area is 235 Å². The SMILES string of the molecule is CCC1(O)C(=O)OCc2c1cc1n(c2=O)Cc2c-1nc1ccccc1c2CC[Si](C)(C)CCCNC(=O)C(F)(F)F. The first-order valence-corrected chi connectivity index (χ1v) is 17.1. The Morgan fingerprint density at radius 1 is 1.20 bits per heavy atom. The zero-order valence-corrected chi connectivity index (χ0v) is 24.2. The van der Waals surface area contributed by atoms with Crippen LogP contribution in [-0.2, 0) is 39.5 Å². The molecule has 2 aliphatic rings. The lowest BCUT2D eigenvalue weighted by Crippen LogP contribution is -2.44. The van der Waals surface area contributed by atoms with Gasteiger partial charge in [0, 0.05) is 31.1 Å². The average molecular weight is 588 g/mol. The number of cyclic esters (lactones) is 1. The number of hydrogen-bond donors (Lipinski definition) is 2. The van der Waals surface area contributed by atoms with Crippen molar-refractivity contribution in [3.8, 4) is 11.4 Å². The van der Waals surface area contributed by atoms with E-state index in [1.807, 2.05) is 29.6 Å². The summed E-state index contributed by atoms with van der Waals surface area (Å²) in [4.78, 5) is 42.1. The van der Waals surface area contributed by atoms with Crippen molar-refractivity contribution in [2.75, 3.05) is 6.54 Å². The molecule has 1 amide bonds. The Morgan fingerprint density at radius 3 is 2.63 bits per heavy atom. The second-order valence-electron chi connectivity index (χ2n) is 11.6. The molecule has 0 radical (unpaired) electrons. The van der Waals surface area contributed by atoms with Crippen LogP contribution in [0.3, 0.4) is 0 Å². The van der Waals surface area contributed by atoms with E-state index in [1.165, 1.54) is 0 Å². The van der Waals surface area contributed by atoms with Crippen molar-refractivity contribution < 1.29 is 32.6 Å². The highest BCUT2D eigenvalue weighted by molar-refractivity contribution is 6.77. The highest BCUT2D eigenvalue weighted by atomic mass is 28.3. The van der Waals surface area contributed by atoms with Crippen molar-refractivity contribution in [2.45, 2.75) is 76.3 Å². The Balaban J connectivity index is 1.46. The van der Waals surface area contributed by atoms with E-state index in [4.69, 9.17) is 9.72 Å². The number of hydrogen-bond acceptors (Lipinski definition) is 6. The van der Waals surface area contributed by atoms with Crippen LogP contribution in [0.25, 0.3) is 22.3 Å². The average Bonchev–Trinajstić information content (AvgIpc) is 3.29. The van der Waals surface area contributed by atoms with E-state index in [9.17, 15) is 32.7 Å². The van der Waals surface area contributed by atoms with Gasteiger partial charge in [0.15, 0.2) is 5.60 Å². The standard InChI is InChI=1S/C29H32F3N3O5Si/c1-4-28(39)21-14-23-24-19(15-35(23)25(36)20(21)16-40-27(28)38)17(18-8-5-6-9-22(18)34-24)10-13-41(2,3)12-7-11-33-26(37)29(30,31)32/h5-6,8-9,14,39H,4,7,10-13,15-16H2,1-3H3,(H,33,37). The topological polar surface area (TPSA) is 111 Å². The molecule has 8 nitrogen and oxygen atoms in total. The molecule has 0 saturated heterocycles. The van der Waals surface area contributed by atoms with E-state index in [0.717, 1.165) is 34.1 Å². The number of nitrogens with one attached hydrogen (secondary N) is 1. The summed E-state index contributed by atoms with van der Waals surface area (Å²) in [6.07, 6.45) is -3.66. The molecular weight excluding hydrogens is 555 g/mol. The number of rotatable bonds is 8. The van der Waals surface area contributed by atoms with Gasteiger partial charge in [0.05, 0.1) is 29.0 Å². The summed E-state index contributed by atoms with van der Waals surface area (Å²) < 4.78 is 44.2. The zero-order valence-electron chi connectivity index (χ0n) is 23.2. The summed E-state index contributed by atoms with van der Waals surface area (Å²) in [5, 5.41) is 14.1. The van der Waals surface area contributed by atoms with Crippen molar-refractivity contribution in [3.63, 3.8) is 0 Å². The van der Waals surface area contributed by atoms with Crippen molar-refractivity contribution >= 4 is 30.9 Å². The number of ether oxygens (including phenoxy) is 1. The predicted molar refractivity (Wildman–Crippen MR) is 149 cm³/mol. The van der Waals surface area contributed by atoms with E-state index >= 15 is 0 Å². The quantitative estimate of drug-likeness (QED) is 0.180. The number of pyridine rings is 2. The summed E-state index contributed by atoms with van der Waals surface area (Å²) in [7, 11) is -1.88. The number of aromatic nitrogens is 2. The van der Waals surface area contributed by atoms with Crippen molar-refractivity contribution in [2.24, 2.45) is 0 Å². The van der Waals surface area contributed by atoms with E-state index in [1.54, 1.807) is 17.6 Å². The van der Waals surface area contributed by atoms with E-state index in [-0.39, 0.29) is 36.3 Å². The third kappa shape index (κ3) is 5.18. The van der Waals surface area contributed by atoms with Gasteiger partial charge in [-0.05, 0) is 37.0 Å². The molecule has 0 bridgehead atoms. The van der Waals surface area contributed by atoms with Gasteiger partial charge < -0.3 is 19.7 Å². The molecule has 4 heterocycles. The molecule has 1 atom stereocenters. The highest BCUT2D eigenvalue weighted by Gasteiger charge is 2.45. The summed E-state index contributed by atoms with van der Waals surface area (Å²) >= 11 is 0. The fourth-order valence-electron chi connectivity index (χ4n) is 5.86. The van der Waals surface area contributed by atoms with Gasteiger partial charge in [-0.15, -0.1) is 0 Å². The molecule has 0 fully saturated rings. The van der Waals surface area contributed by atoms with Crippen LogP contribution in [0.1, 0.15) is 42.0 Å². The number of halogens is 3. The summed E-state index contributed by atoms with van der Waals surface area (Å²) in [5.74, 6) is -2.69. The Bertz CT molecular complexity index is 1620. The molecule has 1 aromatic carbocycles. The number of benzene rings is 1. The number of fused-ring (bicyclic) bond motifs is 5. The van der Waals surface area contributed by atoms with Gasteiger partial charge in [-0.25, -0.2) is 9.78 Å². The largest absolute Gasteiger partial charge is 0.471 e. The molecule has 3 aromatic rings. The van der Waals surface area contributed by atoms with Crippen molar-refractivity contribution in [3.05, 3.63) is 62.9 Å². The van der Waals surface area contributed by atoms with Crippen molar-refractivity contribution in [1.29, 1.82) is 0 Å². The van der Waals surface area contributed by atoms with Gasteiger partial charge in [-0.3, -0.25) is 9.59 Å². The summed E-state index contributed by atoms with van der Waals surface area (Å²) in [5.41, 5.74) is 2.25. The molecule has 0 saturated carbocycles. The third-order valence-corrected chi connectivity index (χ3v) is 11.6. The molecule has 0 aliphatic carbocycles. The number of carbonyl (C=O) groups excluding carboxylic acids is 2. The molecule has 12 heteroatoms. The lowest BCUT2D eigenvalue weighted by molar-refractivity contribution is -0.173. The zero-order chi connectivity index (χ0) is 29.7. The number of carbonyl (C=O) groups is 2. The molecule has 2 aliphatic heterocycles. The highest BCUT2D eigenvalue weighted by Crippen LogP contribution is 2.41. The monoisotopic (exact) mass is 587 g/mol. The van der Waals surface area contributed by atoms with Crippen LogP contribution in [0.5, 0.6) is 0 Å². The Morgan fingerprint density at radius 2 is 1.93 bits per heavy atom. The van der Waals surface area contributed by atoms with Crippen molar-refractivity contribution in [1.82, 2.24) is 14.9 Å². The molecule has 0 spiro atoms. The van der Waals surface area contributed by atoms with Crippen LogP contribution < -0.4 is 10.9 Å². The number of amides is 1. The summed E-state index contributed by atoms with van der Waals surface area (Å²) in [6, 6.07) is 11.0. The minimum atomic E-state index is -4.88. The van der Waals surface area contributed by atoms with Gasteiger partial charge >= 0.3 is 18.1 Å². The maximum atomic E-state index is 13.6. The first-order chi connectivity index (χ1) is 19.3. The third-order valence-electron chi connectivity index (χ3n) is 8.34. The van der Waals surface area contributed by atoms with Gasteiger partial charge in [-0.2, -0.15) is 13.2 Å². The fourth-order valence-corrected chi connectivity index (χ4v) is 8.17. The normalized spacial score (nSPS) is 18.1. The molecule has 2 aromatic heterocycles. The van der Waals surface area contributed by atoms with Gasteiger partial charge in [-0.1, -0.05) is 50.3 Å². The number of para-hydroxylation sites is 1. The minimum absolute atomic E-state index is 0.0262. The van der Waals surface area contributed by atoms with E-state index in [2.05, 4.69) is 13.1 Å². The number of alkyl halides is 3. The van der Waals surface area contributed by atoms with Gasteiger partial charge in [0.25, 0.3) is 5.56 Å². The molecule has 1 unspecified atom stereocenters. The van der Waals surface area contributed by atoms with Gasteiger partial charge in [0.2, 0.25) is 0 Å². The maximum absolute atomic E-state index is 13.6. The predicted octanol–water partition coefficient (Wildman–Crippen LogP) is 4.40. The van der Waals surface area contributed by atoms with Crippen LogP contribution in [0.4, 0.5) is 13.2 Å². The van der Waals surface area contributed by atoms with E-state index in [0.29, 0.717) is 30.8 Å². The number of esters is 1. The number of aliphatic hydroxyl groups is 1. The number of aryl methyl sites for hydroxylation is 1. The lowest BCUT2D eigenvalue weighted by atomic mass is 9.86. The molecule has 218 valence electrons. The molecule has 2 N–H and O–H groups in total. The Hall–Kier alpha value is -3.51. The van der Waals surface area contributed by atoms with Crippen LogP contribution in [-0.4, -0.2) is 47.3 Å². The first-order valence-electron chi connectivity index (χ1n) is 13.7. The van der Waals surface area contributed by atoms with Crippen LogP contribution >= 0.6 is 0 Å². The minimum Gasteiger partial charge on any atom is -0.458 e. The second kappa shape index (κ2) is 10.4. The molecule has 5 rings (SSSR count). The fraction of sp³-hybridized carbons (Fsp3) is 0.448.